The Balaban J connectivity index is 1.82. The number of aromatic nitrogens is 2. The fraction of sp³-hybridized carbons (Fsp3) is 0.158. The van der Waals surface area contributed by atoms with Crippen LogP contribution in [0.2, 0.25) is 0 Å². The maximum absolute atomic E-state index is 11.3. The molecule has 0 fully saturated rings. The molecule has 1 aromatic heterocycles. The zero-order valence-corrected chi connectivity index (χ0v) is 14.7. The lowest BCUT2D eigenvalue weighted by atomic mass is 9.95. The number of alkyl halides is 1. The van der Waals surface area contributed by atoms with Crippen LogP contribution in [0.25, 0.3) is 5.69 Å². The predicted octanol–water partition coefficient (Wildman–Crippen LogP) is 4.46. The molecule has 25 heavy (non-hydrogen) atoms. The average molecular weight is 356 g/mol. The number of aliphatic carboxylic acids is 1. The molecule has 1 unspecified atom stereocenters. The molecule has 128 valence electrons. The molecule has 3 rings (SSSR count). The van der Waals surface area contributed by atoms with Crippen LogP contribution in [-0.4, -0.2) is 20.9 Å². The lowest BCUT2D eigenvalue weighted by Gasteiger charge is -2.20. The molecule has 6 heteroatoms. The van der Waals surface area contributed by atoms with E-state index in [0.29, 0.717) is 11.4 Å². The molecular weight excluding hydrogens is 338 g/mol. The van der Waals surface area contributed by atoms with Gasteiger partial charge in [0, 0.05) is 18.0 Å². The standard InChI is InChI=1S/C19H18ClN3O2/c1-13-12-14(8-9-16(13)19(2,20)18(24)25)21-17-10-11-23(22-17)15-6-4-3-5-7-15/h3-12H,1-2H3,(H,21,22)(H,24,25). The van der Waals surface area contributed by atoms with Crippen molar-refractivity contribution in [1.82, 2.24) is 9.78 Å². The number of aryl methyl sites for hydroxylation is 1. The van der Waals surface area contributed by atoms with E-state index in [4.69, 9.17) is 11.6 Å². The number of rotatable bonds is 5. The van der Waals surface area contributed by atoms with Crippen LogP contribution in [0.3, 0.4) is 0 Å². The van der Waals surface area contributed by atoms with Crippen molar-refractivity contribution in [1.29, 1.82) is 0 Å². The summed E-state index contributed by atoms with van der Waals surface area (Å²) in [5.74, 6) is -0.373. The summed E-state index contributed by atoms with van der Waals surface area (Å²) in [4.78, 5) is 9.88. The number of benzene rings is 2. The summed E-state index contributed by atoms with van der Waals surface area (Å²) < 4.78 is 1.78. The maximum atomic E-state index is 11.3. The Labute approximate surface area is 150 Å². The molecule has 3 aromatic rings. The Hall–Kier alpha value is -2.79. The largest absolute Gasteiger partial charge is 0.480 e. The van der Waals surface area contributed by atoms with Crippen molar-refractivity contribution >= 4 is 29.1 Å². The number of hydrogen-bond donors (Lipinski definition) is 2. The minimum absolute atomic E-state index is 0.571. The first-order valence-corrected chi connectivity index (χ1v) is 8.17. The van der Waals surface area contributed by atoms with Crippen LogP contribution in [0.4, 0.5) is 11.5 Å². The molecule has 0 radical (unpaired) electrons. The van der Waals surface area contributed by atoms with Crippen molar-refractivity contribution in [3.8, 4) is 5.69 Å². The number of carboxylic acids is 1. The number of hydrogen-bond acceptors (Lipinski definition) is 3. The minimum atomic E-state index is -1.45. The van der Waals surface area contributed by atoms with Crippen molar-refractivity contribution in [3.63, 3.8) is 0 Å². The highest BCUT2D eigenvalue weighted by atomic mass is 35.5. The number of para-hydroxylation sites is 1. The molecule has 0 aliphatic heterocycles. The SMILES string of the molecule is Cc1cc(Nc2ccn(-c3ccccc3)n2)ccc1C(C)(Cl)C(=O)O. The van der Waals surface area contributed by atoms with Crippen molar-refractivity contribution < 1.29 is 9.90 Å². The highest BCUT2D eigenvalue weighted by molar-refractivity contribution is 6.33. The number of nitrogens with one attached hydrogen (secondary N) is 1. The van der Waals surface area contributed by atoms with E-state index in [-0.39, 0.29) is 0 Å². The summed E-state index contributed by atoms with van der Waals surface area (Å²) in [5, 5.41) is 17.0. The van der Waals surface area contributed by atoms with Gasteiger partial charge in [0.2, 0.25) is 0 Å². The first kappa shape index (κ1) is 17.0. The van der Waals surface area contributed by atoms with Crippen LogP contribution in [-0.2, 0) is 9.67 Å². The smallest absolute Gasteiger partial charge is 0.329 e. The summed E-state index contributed by atoms with van der Waals surface area (Å²) in [6.45, 7) is 3.32. The van der Waals surface area contributed by atoms with Gasteiger partial charge in [-0.1, -0.05) is 24.3 Å². The van der Waals surface area contributed by atoms with Gasteiger partial charge < -0.3 is 10.4 Å². The Morgan fingerprint density at radius 1 is 1.20 bits per heavy atom. The zero-order chi connectivity index (χ0) is 18.0. The molecule has 5 nitrogen and oxygen atoms in total. The van der Waals surface area contributed by atoms with Gasteiger partial charge in [0.25, 0.3) is 0 Å². The maximum Gasteiger partial charge on any atom is 0.329 e. The molecular formula is C19H18ClN3O2. The van der Waals surface area contributed by atoms with E-state index < -0.39 is 10.8 Å². The van der Waals surface area contributed by atoms with Crippen molar-refractivity contribution in [2.75, 3.05) is 5.32 Å². The van der Waals surface area contributed by atoms with E-state index in [2.05, 4.69) is 10.4 Å². The van der Waals surface area contributed by atoms with Crippen molar-refractivity contribution in [3.05, 3.63) is 71.9 Å². The quantitative estimate of drug-likeness (QED) is 0.663. The van der Waals surface area contributed by atoms with Gasteiger partial charge in [0.05, 0.1) is 5.69 Å². The number of carbonyl (C=O) groups is 1. The molecule has 0 bridgehead atoms. The number of carboxylic acid groups (broad SMARTS) is 1. The van der Waals surface area contributed by atoms with E-state index in [0.717, 1.165) is 16.9 Å². The first-order valence-electron chi connectivity index (χ1n) is 7.79. The molecule has 0 spiro atoms. The molecule has 0 aliphatic rings. The highest BCUT2D eigenvalue weighted by Gasteiger charge is 2.33. The van der Waals surface area contributed by atoms with Crippen LogP contribution in [0.15, 0.2) is 60.8 Å². The third-order valence-electron chi connectivity index (χ3n) is 4.02. The molecule has 2 N–H and O–H groups in total. The number of anilines is 2. The Kier molecular flexibility index (Phi) is 4.51. The second-order valence-corrected chi connectivity index (χ2v) is 6.70. The monoisotopic (exact) mass is 355 g/mol. The van der Waals surface area contributed by atoms with Gasteiger partial charge in [-0.25, -0.2) is 9.48 Å². The zero-order valence-electron chi connectivity index (χ0n) is 13.9. The van der Waals surface area contributed by atoms with Crippen LogP contribution >= 0.6 is 11.6 Å². The van der Waals surface area contributed by atoms with E-state index in [9.17, 15) is 9.90 Å². The fourth-order valence-corrected chi connectivity index (χ4v) is 2.86. The van der Waals surface area contributed by atoms with Crippen molar-refractivity contribution in [2.24, 2.45) is 0 Å². The topological polar surface area (TPSA) is 67.2 Å². The summed E-state index contributed by atoms with van der Waals surface area (Å²) in [6, 6.07) is 17.1. The van der Waals surface area contributed by atoms with Crippen LogP contribution < -0.4 is 5.32 Å². The Morgan fingerprint density at radius 2 is 1.92 bits per heavy atom. The number of nitrogens with zero attached hydrogens (tertiary/aromatic N) is 2. The lowest BCUT2D eigenvalue weighted by molar-refractivity contribution is -0.140. The van der Waals surface area contributed by atoms with Gasteiger partial charge >= 0.3 is 5.97 Å². The van der Waals surface area contributed by atoms with E-state index in [1.54, 1.807) is 16.8 Å². The molecule has 0 saturated heterocycles. The molecule has 1 atom stereocenters. The third kappa shape index (κ3) is 3.51. The predicted molar refractivity (Wildman–Crippen MR) is 98.9 cm³/mol. The molecule has 2 aromatic carbocycles. The third-order valence-corrected chi connectivity index (χ3v) is 4.38. The summed E-state index contributed by atoms with van der Waals surface area (Å²) >= 11 is 6.15. The van der Waals surface area contributed by atoms with Crippen LogP contribution in [0.5, 0.6) is 0 Å². The van der Waals surface area contributed by atoms with Gasteiger partial charge in [-0.05, 0) is 49.2 Å². The Morgan fingerprint density at radius 3 is 2.56 bits per heavy atom. The van der Waals surface area contributed by atoms with Gasteiger partial charge in [-0.3, -0.25) is 0 Å². The van der Waals surface area contributed by atoms with Gasteiger partial charge in [0.15, 0.2) is 10.7 Å². The minimum Gasteiger partial charge on any atom is -0.480 e. The number of halogens is 1. The average Bonchev–Trinajstić information content (AvgIpc) is 3.04. The molecule has 0 aliphatic carbocycles. The van der Waals surface area contributed by atoms with Crippen LogP contribution in [0.1, 0.15) is 18.1 Å². The van der Waals surface area contributed by atoms with Crippen LogP contribution in [0, 0.1) is 6.92 Å². The first-order chi connectivity index (χ1) is 11.9. The molecule has 0 amide bonds. The normalized spacial score (nSPS) is 13.2. The summed E-state index contributed by atoms with van der Waals surface area (Å²) in [5.41, 5.74) is 3.16. The van der Waals surface area contributed by atoms with E-state index in [1.165, 1.54) is 6.92 Å². The van der Waals surface area contributed by atoms with E-state index >= 15 is 0 Å². The molecule has 1 heterocycles. The Bertz CT molecular complexity index is 904. The summed E-state index contributed by atoms with van der Waals surface area (Å²) in [6.07, 6.45) is 1.87. The lowest BCUT2D eigenvalue weighted by Crippen LogP contribution is -2.26. The van der Waals surface area contributed by atoms with Crippen molar-refractivity contribution in [2.45, 2.75) is 18.7 Å². The second kappa shape index (κ2) is 6.61. The summed E-state index contributed by atoms with van der Waals surface area (Å²) in [7, 11) is 0. The molecule has 0 saturated carbocycles. The van der Waals surface area contributed by atoms with Gasteiger partial charge in [-0.2, -0.15) is 5.10 Å². The second-order valence-electron chi connectivity index (χ2n) is 5.94. The van der Waals surface area contributed by atoms with Gasteiger partial charge in [0.1, 0.15) is 0 Å². The highest BCUT2D eigenvalue weighted by Crippen LogP contribution is 2.33. The fourth-order valence-electron chi connectivity index (χ4n) is 2.65. The van der Waals surface area contributed by atoms with E-state index in [1.807, 2.05) is 55.6 Å². The van der Waals surface area contributed by atoms with Gasteiger partial charge in [-0.15, -0.1) is 11.6 Å².